The van der Waals surface area contributed by atoms with Crippen LogP contribution in [0.3, 0.4) is 0 Å². The summed E-state index contributed by atoms with van der Waals surface area (Å²) in [6.07, 6.45) is 1.20. The first kappa shape index (κ1) is 32.7. The van der Waals surface area contributed by atoms with Crippen LogP contribution in [-0.2, 0) is 32.6 Å². The smallest absolute Gasteiger partial charge is 0.244 e. The van der Waals surface area contributed by atoms with Crippen LogP contribution in [0.25, 0.3) is 0 Å². The zero-order valence-electron chi connectivity index (χ0n) is 23.4. The van der Waals surface area contributed by atoms with Gasteiger partial charge in [0, 0.05) is 19.5 Å². The average Bonchev–Trinajstić information content (AvgIpc) is 2.91. The van der Waals surface area contributed by atoms with Gasteiger partial charge in [-0.25, -0.2) is 8.42 Å². The van der Waals surface area contributed by atoms with Crippen LogP contribution in [0, 0.1) is 12.8 Å². The third-order valence-electron chi connectivity index (χ3n) is 6.50. The Labute approximate surface area is 257 Å². The molecule has 220 valence electrons. The Balaban J connectivity index is 2.10. The summed E-state index contributed by atoms with van der Waals surface area (Å²) >= 11 is 18.6. The van der Waals surface area contributed by atoms with Crippen LogP contribution in [-0.4, -0.2) is 50.5 Å². The zero-order valence-corrected chi connectivity index (χ0v) is 26.5. The predicted molar refractivity (Wildman–Crippen MR) is 167 cm³/mol. The van der Waals surface area contributed by atoms with Gasteiger partial charge in [-0.1, -0.05) is 103 Å². The maximum Gasteiger partial charge on any atom is 0.244 e. The Morgan fingerprint density at radius 1 is 0.902 bits per heavy atom. The van der Waals surface area contributed by atoms with Crippen LogP contribution in [0.2, 0.25) is 15.1 Å². The summed E-state index contributed by atoms with van der Waals surface area (Å²) in [6.45, 7) is 5.78. The molecular formula is C30H34Cl3N3O4S. The molecule has 0 heterocycles. The van der Waals surface area contributed by atoms with Crippen molar-refractivity contribution in [2.75, 3.05) is 23.7 Å². The van der Waals surface area contributed by atoms with Crippen molar-refractivity contribution in [1.82, 2.24) is 10.2 Å². The molecule has 0 saturated heterocycles. The molecule has 0 aliphatic rings. The van der Waals surface area contributed by atoms with E-state index < -0.39 is 28.5 Å². The highest BCUT2D eigenvalue weighted by Crippen LogP contribution is 2.35. The van der Waals surface area contributed by atoms with Crippen molar-refractivity contribution in [2.45, 2.75) is 39.8 Å². The number of hydrogen-bond donors (Lipinski definition) is 1. The summed E-state index contributed by atoms with van der Waals surface area (Å²) in [6, 6.07) is 18.6. The molecule has 3 aromatic carbocycles. The summed E-state index contributed by atoms with van der Waals surface area (Å²) in [4.78, 5) is 29.3. The van der Waals surface area contributed by atoms with Crippen LogP contribution < -0.4 is 9.62 Å². The predicted octanol–water partition coefficient (Wildman–Crippen LogP) is 6.13. The van der Waals surface area contributed by atoms with Gasteiger partial charge in [0.1, 0.15) is 12.6 Å². The first-order chi connectivity index (χ1) is 19.3. The third-order valence-corrected chi connectivity index (χ3v) is 8.65. The lowest BCUT2D eigenvalue weighted by Gasteiger charge is -2.34. The largest absolute Gasteiger partial charge is 0.354 e. The fourth-order valence-electron chi connectivity index (χ4n) is 4.25. The Morgan fingerprint density at radius 2 is 1.51 bits per heavy atom. The highest BCUT2D eigenvalue weighted by molar-refractivity contribution is 7.92. The average molecular weight is 639 g/mol. The number of aryl methyl sites for hydroxylation is 1. The molecule has 2 amide bonds. The monoisotopic (exact) mass is 637 g/mol. The Hall–Kier alpha value is -2.78. The molecule has 3 rings (SSSR count). The minimum absolute atomic E-state index is 0.0108. The fraction of sp³-hybridized carbons (Fsp3) is 0.333. The molecule has 0 bridgehead atoms. The van der Waals surface area contributed by atoms with Gasteiger partial charge in [-0.3, -0.25) is 13.9 Å². The Morgan fingerprint density at radius 3 is 2.12 bits per heavy atom. The van der Waals surface area contributed by atoms with Gasteiger partial charge in [-0.2, -0.15) is 0 Å². The number of nitrogens with zero attached hydrogens (tertiary/aromatic N) is 2. The van der Waals surface area contributed by atoms with Crippen LogP contribution in [0.15, 0.2) is 66.7 Å². The maximum atomic E-state index is 14.2. The van der Waals surface area contributed by atoms with Gasteiger partial charge in [-0.15, -0.1) is 0 Å². The number of amides is 2. The molecule has 41 heavy (non-hydrogen) atoms. The fourth-order valence-corrected chi connectivity index (χ4v) is 5.79. The molecule has 0 radical (unpaired) electrons. The molecule has 0 saturated carbocycles. The van der Waals surface area contributed by atoms with E-state index in [1.165, 1.54) is 17.0 Å². The van der Waals surface area contributed by atoms with Gasteiger partial charge in [-0.05, 0) is 41.7 Å². The normalized spacial score (nSPS) is 12.2. The molecule has 0 aliphatic heterocycles. The van der Waals surface area contributed by atoms with Crippen molar-refractivity contribution in [3.05, 3.63) is 98.5 Å². The molecule has 0 spiro atoms. The van der Waals surface area contributed by atoms with Gasteiger partial charge in [0.2, 0.25) is 21.8 Å². The third kappa shape index (κ3) is 9.10. The molecule has 0 unspecified atom stereocenters. The van der Waals surface area contributed by atoms with E-state index in [0.717, 1.165) is 27.3 Å². The van der Waals surface area contributed by atoms with E-state index in [0.29, 0.717) is 6.54 Å². The Bertz CT molecular complexity index is 1480. The highest BCUT2D eigenvalue weighted by atomic mass is 35.5. The lowest BCUT2D eigenvalue weighted by Crippen LogP contribution is -2.53. The lowest BCUT2D eigenvalue weighted by molar-refractivity contribution is -0.140. The zero-order chi connectivity index (χ0) is 30.3. The summed E-state index contributed by atoms with van der Waals surface area (Å²) in [5.41, 5.74) is 2.62. The van der Waals surface area contributed by atoms with Crippen molar-refractivity contribution in [1.29, 1.82) is 0 Å². The molecule has 3 aromatic rings. The molecule has 1 N–H and O–H groups in total. The van der Waals surface area contributed by atoms with Crippen LogP contribution in [0.5, 0.6) is 0 Å². The lowest BCUT2D eigenvalue weighted by atomic mass is 10.0. The van der Waals surface area contributed by atoms with E-state index in [1.54, 1.807) is 0 Å². The van der Waals surface area contributed by atoms with Crippen molar-refractivity contribution < 1.29 is 18.0 Å². The van der Waals surface area contributed by atoms with Crippen molar-refractivity contribution in [3.8, 4) is 0 Å². The molecule has 0 fully saturated rings. The standard InChI is InChI=1S/C30H34Cl3N3O4S/c1-20(2)17-34-30(38)28(14-22-11-6-5-7-12-22)35(18-23-13-9-8-10-21(23)3)29(37)19-36(41(4,39)40)27-16-25(32)24(31)15-26(27)33/h5-13,15-16,20,28H,14,17-19H2,1-4H3,(H,34,38)/t28-/m0/s1. The number of sulfonamides is 1. The van der Waals surface area contributed by atoms with E-state index in [-0.39, 0.29) is 45.5 Å². The topological polar surface area (TPSA) is 86.8 Å². The van der Waals surface area contributed by atoms with Crippen LogP contribution in [0.4, 0.5) is 5.69 Å². The summed E-state index contributed by atoms with van der Waals surface area (Å²) in [7, 11) is -4.01. The number of nitrogens with one attached hydrogen (secondary N) is 1. The number of halogens is 3. The van der Waals surface area contributed by atoms with Crippen molar-refractivity contribution in [3.63, 3.8) is 0 Å². The minimum Gasteiger partial charge on any atom is -0.354 e. The van der Waals surface area contributed by atoms with Crippen LogP contribution >= 0.6 is 34.8 Å². The van der Waals surface area contributed by atoms with E-state index >= 15 is 0 Å². The van der Waals surface area contributed by atoms with Crippen LogP contribution in [0.1, 0.15) is 30.5 Å². The van der Waals surface area contributed by atoms with Gasteiger partial charge in [0.15, 0.2) is 0 Å². The minimum atomic E-state index is -4.01. The molecule has 7 nitrogen and oxygen atoms in total. The summed E-state index contributed by atoms with van der Waals surface area (Å²) in [5, 5.41) is 3.20. The number of hydrogen-bond acceptors (Lipinski definition) is 4. The molecule has 1 atom stereocenters. The van der Waals surface area contributed by atoms with Crippen molar-refractivity contribution >= 4 is 62.3 Å². The number of rotatable bonds is 12. The maximum absolute atomic E-state index is 14.2. The number of carbonyl (C=O) groups is 2. The second-order valence-electron chi connectivity index (χ2n) is 10.3. The van der Waals surface area contributed by atoms with E-state index in [4.69, 9.17) is 34.8 Å². The van der Waals surface area contributed by atoms with E-state index in [2.05, 4.69) is 5.32 Å². The van der Waals surface area contributed by atoms with E-state index in [1.807, 2.05) is 75.4 Å². The van der Waals surface area contributed by atoms with Gasteiger partial charge >= 0.3 is 0 Å². The van der Waals surface area contributed by atoms with Gasteiger partial charge in [0.25, 0.3) is 0 Å². The SMILES string of the molecule is Cc1ccccc1CN(C(=O)CN(c1cc(Cl)c(Cl)cc1Cl)S(C)(=O)=O)[C@@H](Cc1ccccc1)C(=O)NCC(C)C. The first-order valence-corrected chi connectivity index (χ1v) is 16.0. The number of anilines is 1. The van der Waals surface area contributed by atoms with Crippen molar-refractivity contribution in [2.24, 2.45) is 5.92 Å². The highest BCUT2D eigenvalue weighted by Gasteiger charge is 2.34. The molecule has 0 aromatic heterocycles. The Kier molecular flexibility index (Phi) is 11.5. The molecule has 11 heteroatoms. The summed E-state index contributed by atoms with van der Waals surface area (Å²) in [5.74, 6) is -0.723. The second kappa shape index (κ2) is 14.4. The van der Waals surface area contributed by atoms with Gasteiger partial charge < -0.3 is 10.2 Å². The molecular weight excluding hydrogens is 605 g/mol. The molecule has 0 aliphatic carbocycles. The first-order valence-electron chi connectivity index (χ1n) is 13.1. The summed E-state index contributed by atoms with van der Waals surface area (Å²) < 4.78 is 26.8. The number of carbonyl (C=O) groups excluding carboxylic acids is 2. The quantitative estimate of drug-likeness (QED) is 0.242. The van der Waals surface area contributed by atoms with E-state index in [9.17, 15) is 18.0 Å². The van der Waals surface area contributed by atoms with Gasteiger partial charge in [0.05, 0.1) is 27.0 Å². The number of benzene rings is 3. The second-order valence-corrected chi connectivity index (χ2v) is 13.4.